The van der Waals surface area contributed by atoms with E-state index < -0.39 is 10.0 Å². The topological polar surface area (TPSA) is 59.1 Å². The summed E-state index contributed by atoms with van der Waals surface area (Å²) in [6, 6.07) is 8.80. The molecular weight excluding hydrogens is 256 g/mol. The van der Waals surface area contributed by atoms with Gasteiger partial charge in [-0.1, -0.05) is 6.07 Å². The van der Waals surface area contributed by atoms with E-state index in [9.17, 15) is 8.42 Å². The van der Waals surface area contributed by atoms with Gasteiger partial charge < -0.3 is 0 Å². The van der Waals surface area contributed by atoms with Crippen LogP contribution in [-0.2, 0) is 16.6 Å². The summed E-state index contributed by atoms with van der Waals surface area (Å²) in [7, 11) is -3.41. The van der Waals surface area contributed by atoms with Gasteiger partial charge in [0.15, 0.2) is 0 Å². The zero-order chi connectivity index (χ0) is 12.3. The van der Waals surface area contributed by atoms with Crippen LogP contribution in [0.1, 0.15) is 10.6 Å². The number of pyridine rings is 1. The number of aromatic nitrogens is 1. The molecule has 0 bridgehead atoms. The minimum atomic E-state index is -3.41. The van der Waals surface area contributed by atoms with Crippen molar-refractivity contribution < 1.29 is 8.42 Å². The van der Waals surface area contributed by atoms with Crippen LogP contribution >= 0.6 is 11.3 Å². The normalized spacial score (nSPS) is 11.6. The number of nitrogens with zero attached hydrogens (tertiary/aromatic N) is 1. The summed E-state index contributed by atoms with van der Waals surface area (Å²) >= 11 is 1.26. The predicted molar refractivity (Wildman–Crippen MR) is 67.3 cm³/mol. The fourth-order valence-corrected chi connectivity index (χ4v) is 3.63. The molecule has 2 aromatic rings. The monoisotopic (exact) mass is 268 g/mol. The number of sulfonamides is 1. The van der Waals surface area contributed by atoms with Crippen LogP contribution in [0.15, 0.2) is 40.7 Å². The molecule has 0 aliphatic carbocycles. The zero-order valence-corrected chi connectivity index (χ0v) is 10.9. The van der Waals surface area contributed by atoms with Gasteiger partial charge in [0.1, 0.15) is 4.21 Å². The average molecular weight is 268 g/mol. The van der Waals surface area contributed by atoms with Crippen LogP contribution in [0.2, 0.25) is 0 Å². The molecule has 0 aliphatic heterocycles. The molecule has 0 aliphatic rings. The molecule has 0 saturated heterocycles. The lowest BCUT2D eigenvalue weighted by molar-refractivity contribution is 0.582. The molecule has 4 nitrogen and oxygen atoms in total. The molecule has 0 unspecified atom stereocenters. The molecule has 0 spiro atoms. The van der Waals surface area contributed by atoms with E-state index in [0.29, 0.717) is 9.90 Å². The van der Waals surface area contributed by atoms with Gasteiger partial charge in [-0.2, -0.15) is 0 Å². The van der Waals surface area contributed by atoms with Crippen LogP contribution in [0.25, 0.3) is 0 Å². The standard InChI is InChI=1S/C11H12N2O2S2/c1-9-5-6-11(16-9)17(14,15)13-8-10-4-2-3-7-12-10/h2-7,13H,8H2,1H3. The molecule has 0 radical (unpaired) electrons. The lowest BCUT2D eigenvalue weighted by Crippen LogP contribution is -2.22. The van der Waals surface area contributed by atoms with Crippen LogP contribution < -0.4 is 4.72 Å². The molecule has 17 heavy (non-hydrogen) atoms. The molecule has 0 amide bonds. The van der Waals surface area contributed by atoms with Gasteiger partial charge in [0.25, 0.3) is 0 Å². The molecule has 0 fully saturated rings. The van der Waals surface area contributed by atoms with E-state index >= 15 is 0 Å². The van der Waals surface area contributed by atoms with Gasteiger partial charge in [0.05, 0.1) is 12.2 Å². The molecule has 2 rings (SSSR count). The Kier molecular flexibility index (Phi) is 3.56. The van der Waals surface area contributed by atoms with Crippen LogP contribution in [0.3, 0.4) is 0 Å². The summed E-state index contributed by atoms with van der Waals surface area (Å²) in [5, 5.41) is 0. The number of aryl methyl sites for hydroxylation is 1. The van der Waals surface area contributed by atoms with Crippen molar-refractivity contribution in [3.05, 3.63) is 47.1 Å². The predicted octanol–water partition coefficient (Wildman–Crippen LogP) is 1.93. The van der Waals surface area contributed by atoms with Crippen molar-refractivity contribution >= 4 is 21.4 Å². The van der Waals surface area contributed by atoms with Crippen molar-refractivity contribution in [2.45, 2.75) is 17.7 Å². The average Bonchev–Trinajstić information content (AvgIpc) is 2.76. The summed E-state index contributed by atoms with van der Waals surface area (Å²) in [5.41, 5.74) is 0.698. The first-order valence-corrected chi connectivity index (χ1v) is 7.34. The van der Waals surface area contributed by atoms with E-state index in [4.69, 9.17) is 0 Å². The third-order valence-corrected chi connectivity index (χ3v) is 5.04. The third kappa shape index (κ3) is 3.12. The second kappa shape index (κ2) is 4.95. The first-order valence-electron chi connectivity index (χ1n) is 5.04. The number of nitrogens with one attached hydrogen (secondary N) is 1. The lowest BCUT2D eigenvalue weighted by atomic mass is 10.4. The molecule has 2 heterocycles. The highest BCUT2D eigenvalue weighted by Crippen LogP contribution is 2.20. The lowest BCUT2D eigenvalue weighted by Gasteiger charge is -2.03. The van der Waals surface area contributed by atoms with Gasteiger partial charge in [-0.15, -0.1) is 11.3 Å². The highest BCUT2D eigenvalue weighted by Gasteiger charge is 2.15. The fraction of sp³-hybridized carbons (Fsp3) is 0.182. The Morgan fingerprint density at radius 2 is 2.12 bits per heavy atom. The Bertz CT molecular complexity index is 591. The largest absolute Gasteiger partial charge is 0.260 e. The Morgan fingerprint density at radius 3 is 2.71 bits per heavy atom. The summed E-state index contributed by atoms with van der Waals surface area (Å²) in [5.74, 6) is 0. The molecule has 6 heteroatoms. The van der Waals surface area contributed by atoms with Crippen LogP contribution in [0, 0.1) is 6.92 Å². The number of hydrogen-bond donors (Lipinski definition) is 1. The Morgan fingerprint density at radius 1 is 1.29 bits per heavy atom. The molecule has 0 aromatic carbocycles. The second-order valence-corrected chi connectivity index (χ2v) is 6.79. The molecule has 0 saturated carbocycles. The first kappa shape index (κ1) is 12.2. The summed E-state index contributed by atoms with van der Waals surface area (Å²) in [6.07, 6.45) is 1.64. The van der Waals surface area contributed by atoms with E-state index in [1.54, 1.807) is 30.5 Å². The molecule has 2 aromatic heterocycles. The van der Waals surface area contributed by atoms with Gasteiger partial charge in [-0.3, -0.25) is 4.98 Å². The van der Waals surface area contributed by atoms with Crippen molar-refractivity contribution in [2.24, 2.45) is 0 Å². The quantitative estimate of drug-likeness (QED) is 0.921. The van der Waals surface area contributed by atoms with Gasteiger partial charge in [0.2, 0.25) is 10.0 Å². The first-order chi connectivity index (χ1) is 8.08. The maximum Gasteiger partial charge on any atom is 0.250 e. The van der Waals surface area contributed by atoms with E-state index in [0.717, 1.165) is 4.88 Å². The Labute approximate surface area is 104 Å². The smallest absolute Gasteiger partial charge is 0.250 e. The summed E-state index contributed by atoms with van der Waals surface area (Å²) in [6.45, 7) is 2.09. The summed E-state index contributed by atoms with van der Waals surface area (Å²) < 4.78 is 26.6. The van der Waals surface area contributed by atoms with Gasteiger partial charge in [-0.25, -0.2) is 13.1 Å². The zero-order valence-electron chi connectivity index (χ0n) is 9.25. The molecule has 0 atom stereocenters. The molecular formula is C11H12N2O2S2. The summed E-state index contributed by atoms with van der Waals surface area (Å²) in [4.78, 5) is 5.03. The van der Waals surface area contributed by atoms with E-state index in [2.05, 4.69) is 9.71 Å². The maximum absolute atomic E-state index is 11.9. The Hall–Kier alpha value is -1.24. The minimum absolute atomic E-state index is 0.208. The van der Waals surface area contributed by atoms with Crippen LogP contribution in [0.4, 0.5) is 0 Å². The van der Waals surface area contributed by atoms with E-state index in [1.165, 1.54) is 11.3 Å². The van der Waals surface area contributed by atoms with Crippen molar-refractivity contribution in [2.75, 3.05) is 0 Å². The van der Waals surface area contributed by atoms with E-state index in [1.807, 2.05) is 13.0 Å². The number of rotatable bonds is 4. The van der Waals surface area contributed by atoms with Gasteiger partial charge >= 0.3 is 0 Å². The van der Waals surface area contributed by atoms with E-state index in [-0.39, 0.29) is 6.54 Å². The van der Waals surface area contributed by atoms with Gasteiger partial charge in [0, 0.05) is 11.1 Å². The molecule has 90 valence electrons. The highest BCUT2D eigenvalue weighted by molar-refractivity contribution is 7.91. The minimum Gasteiger partial charge on any atom is -0.260 e. The van der Waals surface area contributed by atoms with Gasteiger partial charge in [-0.05, 0) is 31.2 Å². The highest BCUT2D eigenvalue weighted by atomic mass is 32.2. The third-order valence-electron chi connectivity index (χ3n) is 2.15. The number of thiophene rings is 1. The SMILES string of the molecule is Cc1ccc(S(=O)(=O)NCc2ccccn2)s1. The number of hydrogen-bond acceptors (Lipinski definition) is 4. The second-order valence-electron chi connectivity index (χ2n) is 3.51. The van der Waals surface area contributed by atoms with Crippen LogP contribution in [0.5, 0.6) is 0 Å². The fourth-order valence-electron chi connectivity index (χ4n) is 1.30. The molecule has 1 N–H and O–H groups in total. The van der Waals surface area contributed by atoms with Crippen LogP contribution in [-0.4, -0.2) is 13.4 Å². The van der Waals surface area contributed by atoms with Crippen molar-refractivity contribution in [3.63, 3.8) is 0 Å². The van der Waals surface area contributed by atoms with Crippen molar-refractivity contribution in [3.8, 4) is 0 Å². The van der Waals surface area contributed by atoms with Crippen molar-refractivity contribution in [1.82, 2.24) is 9.71 Å². The van der Waals surface area contributed by atoms with Crippen molar-refractivity contribution in [1.29, 1.82) is 0 Å². The maximum atomic E-state index is 11.9. The Balaban J connectivity index is 2.09.